The monoisotopic (exact) mass is 190 g/mol. The summed E-state index contributed by atoms with van der Waals surface area (Å²) in [5, 5.41) is 10.9. The lowest BCUT2D eigenvalue weighted by atomic mass is 9.94. The van der Waals surface area contributed by atoms with Crippen LogP contribution in [0.25, 0.3) is 0 Å². The topological polar surface area (TPSA) is 52.9 Å². The Morgan fingerprint density at radius 1 is 1.50 bits per heavy atom. The Morgan fingerprint density at radius 3 is 2.93 bits per heavy atom. The van der Waals surface area contributed by atoms with Gasteiger partial charge in [-0.1, -0.05) is 18.2 Å². The van der Waals surface area contributed by atoms with Gasteiger partial charge in [-0.2, -0.15) is 5.26 Å². The molecule has 1 aliphatic rings. The molecule has 1 amide bonds. The predicted octanol–water partition coefficient (Wildman–Crippen LogP) is 1.72. The second-order valence-corrected chi connectivity index (χ2v) is 3.14. The molecule has 0 spiro atoms. The van der Waals surface area contributed by atoms with Crippen molar-refractivity contribution in [1.82, 2.24) is 0 Å². The van der Waals surface area contributed by atoms with Crippen LogP contribution in [0, 0.1) is 11.3 Å². The summed E-state index contributed by atoms with van der Waals surface area (Å²) < 4.78 is 14.1. The fourth-order valence-corrected chi connectivity index (χ4v) is 1.57. The number of hydrogen-bond donors (Lipinski definition) is 1. The summed E-state index contributed by atoms with van der Waals surface area (Å²) in [6, 6.07) is 8.17. The van der Waals surface area contributed by atoms with Gasteiger partial charge in [0.05, 0.1) is 12.5 Å². The van der Waals surface area contributed by atoms with Crippen LogP contribution in [0.3, 0.4) is 0 Å². The van der Waals surface area contributed by atoms with Gasteiger partial charge in [0.2, 0.25) is 5.67 Å². The lowest BCUT2D eigenvalue weighted by Crippen LogP contribution is -2.28. The summed E-state index contributed by atoms with van der Waals surface area (Å²) >= 11 is 0. The van der Waals surface area contributed by atoms with E-state index in [-0.39, 0.29) is 5.56 Å². The van der Waals surface area contributed by atoms with E-state index in [1.165, 1.54) is 6.07 Å². The largest absolute Gasteiger partial charge is 0.323 e. The van der Waals surface area contributed by atoms with E-state index >= 15 is 0 Å². The highest BCUT2D eigenvalue weighted by Gasteiger charge is 2.47. The number of nitrogens with one attached hydrogen (secondary N) is 1. The molecule has 70 valence electrons. The zero-order chi connectivity index (χ0) is 10.2. The number of anilines is 1. The third-order valence-electron chi connectivity index (χ3n) is 2.28. The van der Waals surface area contributed by atoms with Crippen molar-refractivity contribution in [2.24, 2.45) is 0 Å². The number of halogens is 1. The van der Waals surface area contributed by atoms with Crippen molar-refractivity contribution in [2.45, 2.75) is 12.1 Å². The van der Waals surface area contributed by atoms with E-state index in [2.05, 4.69) is 5.32 Å². The van der Waals surface area contributed by atoms with Gasteiger partial charge in [0.1, 0.15) is 0 Å². The van der Waals surface area contributed by atoms with Gasteiger partial charge in [0.15, 0.2) is 0 Å². The summed E-state index contributed by atoms with van der Waals surface area (Å²) in [6.07, 6.45) is -0.449. The van der Waals surface area contributed by atoms with Gasteiger partial charge in [-0.15, -0.1) is 0 Å². The molecule has 4 heteroatoms. The second-order valence-electron chi connectivity index (χ2n) is 3.14. The molecule has 1 aromatic carbocycles. The molecule has 0 unspecified atom stereocenters. The van der Waals surface area contributed by atoms with Gasteiger partial charge in [0.25, 0.3) is 5.91 Å². The molecule has 1 aromatic rings. The van der Waals surface area contributed by atoms with Gasteiger partial charge in [-0.05, 0) is 6.07 Å². The third kappa shape index (κ3) is 0.990. The van der Waals surface area contributed by atoms with E-state index in [4.69, 9.17) is 5.26 Å². The maximum absolute atomic E-state index is 14.1. The van der Waals surface area contributed by atoms with Crippen molar-refractivity contribution in [3.63, 3.8) is 0 Å². The summed E-state index contributed by atoms with van der Waals surface area (Å²) in [5.74, 6) is -0.750. The van der Waals surface area contributed by atoms with Crippen molar-refractivity contribution in [1.29, 1.82) is 5.26 Å². The molecule has 0 radical (unpaired) electrons. The van der Waals surface area contributed by atoms with E-state index in [0.29, 0.717) is 5.69 Å². The minimum atomic E-state index is -2.18. The molecule has 3 nitrogen and oxygen atoms in total. The van der Waals surface area contributed by atoms with Crippen molar-refractivity contribution < 1.29 is 9.18 Å². The molecular formula is C10H7FN2O. The molecule has 1 aliphatic heterocycles. The van der Waals surface area contributed by atoms with Crippen LogP contribution in [-0.4, -0.2) is 5.91 Å². The van der Waals surface area contributed by atoms with Gasteiger partial charge >= 0.3 is 0 Å². The summed E-state index contributed by atoms with van der Waals surface area (Å²) in [7, 11) is 0. The maximum atomic E-state index is 14.1. The average Bonchev–Trinajstić information content (AvgIpc) is 2.41. The Balaban J connectivity index is 2.55. The maximum Gasteiger partial charge on any atom is 0.267 e. The molecule has 0 saturated carbocycles. The molecule has 1 atom stereocenters. The molecule has 0 aromatic heterocycles. The summed E-state index contributed by atoms with van der Waals surface area (Å²) in [5.41, 5.74) is -1.47. The number of nitriles is 1. The van der Waals surface area contributed by atoms with Crippen molar-refractivity contribution in [3.05, 3.63) is 29.8 Å². The Labute approximate surface area is 80.2 Å². The number of hydrogen-bond acceptors (Lipinski definition) is 2. The third-order valence-corrected chi connectivity index (χ3v) is 2.28. The minimum absolute atomic E-state index is 0.256. The standard InChI is InChI=1S/C10H7FN2O/c11-10(5-6-12)7-3-1-2-4-8(7)13-9(10)14/h1-4H,5H2,(H,13,14)/t10-/m0/s1. The number of nitrogens with zero attached hydrogens (tertiary/aromatic N) is 1. The number of fused-ring (bicyclic) bond motifs is 1. The number of carbonyl (C=O) groups is 1. The predicted molar refractivity (Wildman–Crippen MR) is 48.1 cm³/mol. The Kier molecular flexibility index (Phi) is 1.74. The Hall–Kier alpha value is -1.89. The molecule has 0 saturated heterocycles. The first-order valence-corrected chi connectivity index (χ1v) is 4.15. The van der Waals surface area contributed by atoms with Crippen LogP contribution in [0.2, 0.25) is 0 Å². The quantitative estimate of drug-likeness (QED) is 0.732. The van der Waals surface area contributed by atoms with E-state index in [9.17, 15) is 9.18 Å². The normalized spacial score (nSPS) is 23.9. The zero-order valence-corrected chi connectivity index (χ0v) is 7.25. The van der Waals surface area contributed by atoms with Crippen LogP contribution < -0.4 is 5.32 Å². The fourth-order valence-electron chi connectivity index (χ4n) is 1.57. The number of amides is 1. The summed E-state index contributed by atoms with van der Waals surface area (Å²) in [6.45, 7) is 0. The van der Waals surface area contributed by atoms with Crippen molar-refractivity contribution in [3.8, 4) is 6.07 Å². The van der Waals surface area contributed by atoms with E-state index < -0.39 is 18.0 Å². The highest BCUT2D eigenvalue weighted by atomic mass is 19.1. The second kappa shape index (κ2) is 2.81. The van der Waals surface area contributed by atoms with Gasteiger partial charge in [-0.3, -0.25) is 4.79 Å². The fraction of sp³-hybridized carbons (Fsp3) is 0.200. The molecule has 0 bridgehead atoms. The van der Waals surface area contributed by atoms with Crippen LogP contribution in [0.5, 0.6) is 0 Å². The van der Waals surface area contributed by atoms with Crippen LogP contribution in [-0.2, 0) is 10.5 Å². The molecule has 1 N–H and O–H groups in total. The highest BCUT2D eigenvalue weighted by molar-refractivity contribution is 6.05. The number of alkyl halides is 1. The average molecular weight is 190 g/mol. The molecule has 2 rings (SSSR count). The molecular weight excluding hydrogens is 183 g/mol. The van der Waals surface area contributed by atoms with Gasteiger partial charge in [-0.25, -0.2) is 4.39 Å². The number of rotatable bonds is 1. The molecule has 0 fully saturated rings. The van der Waals surface area contributed by atoms with E-state index in [1.54, 1.807) is 24.3 Å². The van der Waals surface area contributed by atoms with Crippen molar-refractivity contribution >= 4 is 11.6 Å². The molecule has 14 heavy (non-hydrogen) atoms. The van der Waals surface area contributed by atoms with Crippen LogP contribution >= 0.6 is 0 Å². The van der Waals surface area contributed by atoms with E-state index in [1.807, 2.05) is 0 Å². The first kappa shape index (κ1) is 8.70. The van der Waals surface area contributed by atoms with Gasteiger partial charge in [0, 0.05) is 11.3 Å². The van der Waals surface area contributed by atoms with Crippen molar-refractivity contribution in [2.75, 3.05) is 5.32 Å². The SMILES string of the molecule is N#CC[C@@]1(F)C(=O)Nc2ccccc21. The van der Waals surface area contributed by atoms with Gasteiger partial charge < -0.3 is 5.32 Å². The minimum Gasteiger partial charge on any atom is -0.323 e. The zero-order valence-electron chi connectivity index (χ0n) is 7.25. The number of carbonyl (C=O) groups excluding carboxylic acids is 1. The smallest absolute Gasteiger partial charge is 0.267 e. The lowest BCUT2D eigenvalue weighted by Gasteiger charge is -2.12. The van der Waals surface area contributed by atoms with E-state index in [0.717, 1.165) is 0 Å². The summed E-state index contributed by atoms with van der Waals surface area (Å²) in [4.78, 5) is 11.3. The van der Waals surface area contributed by atoms with Crippen LogP contribution in [0.15, 0.2) is 24.3 Å². The first-order chi connectivity index (χ1) is 6.68. The number of para-hydroxylation sites is 1. The van der Waals surface area contributed by atoms with Crippen LogP contribution in [0.1, 0.15) is 12.0 Å². The Bertz CT molecular complexity index is 438. The lowest BCUT2D eigenvalue weighted by molar-refractivity contribution is -0.126. The number of benzene rings is 1. The first-order valence-electron chi connectivity index (χ1n) is 4.15. The van der Waals surface area contributed by atoms with Crippen LogP contribution in [0.4, 0.5) is 10.1 Å². The Morgan fingerprint density at radius 2 is 2.21 bits per heavy atom. The molecule has 1 heterocycles. The highest BCUT2D eigenvalue weighted by Crippen LogP contribution is 2.40. The molecule has 0 aliphatic carbocycles.